The first-order valence-electron chi connectivity index (χ1n) is 12.7. The van der Waals surface area contributed by atoms with E-state index in [2.05, 4.69) is 36.6 Å². The van der Waals surface area contributed by atoms with Gasteiger partial charge in [-0.3, -0.25) is 25.0 Å². The number of hydrogen-bond acceptors (Lipinski definition) is 7. The first kappa shape index (κ1) is 27.8. The average Bonchev–Trinajstić information content (AvgIpc) is 3.55. The Bertz CT molecular complexity index is 1330. The number of imide groups is 1. The Morgan fingerprint density at radius 3 is 2.82 bits per heavy atom. The number of carbonyl (C=O) groups is 4. The van der Waals surface area contributed by atoms with Crippen molar-refractivity contribution in [3.05, 3.63) is 63.2 Å². The molecule has 0 spiro atoms. The Balaban J connectivity index is 1.19. The molecular formula is C27H28ClIN4O6. The molecule has 0 aromatic heterocycles. The summed E-state index contributed by atoms with van der Waals surface area (Å²) < 4.78 is 13.1. The largest absolute Gasteiger partial charge is 0.444 e. The minimum atomic E-state index is -0.676. The van der Waals surface area contributed by atoms with E-state index in [-0.39, 0.29) is 24.8 Å². The van der Waals surface area contributed by atoms with E-state index in [0.717, 1.165) is 29.7 Å². The minimum Gasteiger partial charge on any atom is -0.444 e. The van der Waals surface area contributed by atoms with E-state index in [4.69, 9.17) is 21.1 Å². The monoisotopic (exact) mass is 666 g/mol. The standard InChI is InChI=1S/C27H28ClIN4O6/c1-15-18(12-33(29)20-6-7-38-14-20)9-19(10-22(15)28)30-27(37)39-13-16-2-3-17-11-32(26(36)21(17)8-16)23-4-5-24(34)31-25(23)35/h2-3,8-10,20,23H,4-7,11-14H2,1H3,(H,30,37)(H,31,34,35). The normalized spacial score (nSPS) is 20.8. The summed E-state index contributed by atoms with van der Waals surface area (Å²) in [6, 6.07) is 8.50. The van der Waals surface area contributed by atoms with Crippen molar-refractivity contribution in [2.24, 2.45) is 0 Å². The van der Waals surface area contributed by atoms with Crippen molar-refractivity contribution in [3.63, 3.8) is 0 Å². The van der Waals surface area contributed by atoms with Crippen LogP contribution in [0.3, 0.4) is 0 Å². The molecule has 2 unspecified atom stereocenters. The van der Waals surface area contributed by atoms with Crippen LogP contribution >= 0.6 is 34.5 Å². The Morgan fingerprint density at radius 2 is 2.08 bits per heavy atom. The Labute approximate surface area is 244 Å². The first-order chi connectivity index (χ1) is 18.7. The molecule has 0 bridgehead atoms. The highest BCUT2D eigenvalue weighted by molar-refractivity contribution is 14.1. The van der Waals surface area contributed by atoms with Crippen molar-refractivity contribution >= 4 is 64.0 Å². The number of nitrogens with one attached hydrogen (secondary N) is 2. The SMILES string of the molecule is Cc1c(Cl)cc(NC(=O)OCc2ccc3c(c2)C(=O)N(C2CCC(=O)NC2=O)C3)cc1CN(I)C1CCOC1. The van der Waals surface area contributed by atoms with Crippen LogP contribution in [0.2, 0.25) is 5.02 Å². The number of ether oxygens (including phenoxy) is 2. The first-order valence-corrected chi connectivity index (χ1v) is 14.0. The van der Waals surface area contributed by atoms with Crippen LogP contribution in [0.15, 0.2) is 30.3 Å². The van der Waals surface area contributed by atoms with Crippen LogP contribution < -0.4 is 10.6 Å². The third-order valence-electron chi connectivity index (χ3n) is 7.28. The van der Waals surface area contributed by atoms with E-state index in [1.54, 1.807) is 24.3 Å². The molecule has 2 N–H and O–H groups in total. The second-order valence-electron chi connectivity index (χ2n) is 9.91. The number of rotatable bonds is 7. The van der Waals surface area contributed by atoms with Gasteiger partial charge in [0.1, 0.15) is 12.6 Å². The number of piperidine rings is 1. The molecule has 2 atom stereocenters. The minimum absolute atomic E-state index is 0.0412. The van der Waals surface area contributed by atoms with Gasteiger partial charge >= 0.3 is 6.09 Å². The van der Waals surface area contributed by atoms with Gasteiger partial charge in [0.05, 0.1) is 6.61 Å². The van der Waals surface area contributed by atoms with Gasteiger partial charge in [-0.15, -0.1) is 0 Å². The molecule has 0 saturated carbocycles. The number of hydrogen-bond donors (Lipinski definition) is 2. The fourth-order valence-electron chi connectivity index (χ4n) is 5.00. The lowest BCUT2D eigenvalue weighted by atomic mass is 10.0. The van der Waals surface area contributed by atoms with Crippen LogP contribution in [-0.4, -0.2) is 57.1 Å². The molecule has 0 aliphatic carbocycles. The van der Waals surface area contributed by atoms with Gasteiger partial charge in [-0.1, -0.05) is 23.7 Å². The highest BCUT2D eigenvalue weighted by Gasteiger charge is 2.39. The highest BCUT2D eigenvalue weighted by Crippen LogP contribution is 2.30. The van der Waals surface area contributed by atoms with E-state index in [0.29, 0.717) is 54.0 Å². The maximum atomic E-state index is 13.0. The predicted octanol–water partition coefficient (Wildman–Crippen LogP) is 4.10. The van der Waals surface area contributed by atoms with Gasteiger partial charge in [0, 0.05) is 71.3 Å². The van der Waals surface area contributed by atoms with E-state index in [1.807, 2.05) is 13.0 Å². The molecule has 0 radical (unpaired) electrons. The molecule has 3 aliphatic rings. The van der Waals surface area contributed by atoms with Crippen LogP contribution in [0.4, 0.5) is 10.5 Å². The molecule has 2 saturated heterocycles. The third-order valence-corrected chi connectivity index (χ3v) is 8.81. The van der Waals surface area contributed by atoms with Crippen molar-refractivity contribution in [1.29, 1.82) is 0 Å². The van der Waals surface area contributed by atoms with Crippen LogP contribution in [0.25, 0.3) is 0 Å². The van der Waals surface area contributed by atoms with Crippen molar-refractivity contribution in [3.8, 4) is 0 Å². The van der Waals surface area contributed by atoms with Gasteiger partial charge < -0.3 is 14.4 Å². The number of benzene rings is 2. The number of halogens is 2. The van der Waals surface area contributed by atoms with E-state index < -0.39 is 18.0 Å². The van der Waals surface area contributed by atoms with Gasteiger partial charge in [0.25, 0.3) is 5.91 Å². The van der Waals surface area contributed by atoms with Gasteiger partial charge in [-0.2, -0.15) is 0 Å². The second kappa shape index (κ2) is 11.8. The zero-order chi connectivity index (χ0) is 27.7. The molecule has 10 nitrogen and oxygen atoms in total. The highest BCUT2D eigenvalue weighted by atomic mass is 127. The summed E-state index contributed by atoms with van der Waals surface area (Å²) in [4.78, 5) is 50.8. The van der Waals surface area contributed by atoms with Crippen molar-refractivity contribution in [1.82, 2.24) is 13.3 Å². The number of amides is 4. The van der Waals surface area contributed by atoms with Crippen LogP contribution in [0, 0.1) is 6.92 Å². The van der Waals surface area contributed by atoms with E-state index in [1.165, 1.54) is 4.90 Å². The molecular weight excluding hydrogens is 639 g/mol. The Hall–Kier alpha value is -2.74. The molecule has 3 heterocycles. The second-order valence-corrected chi connectivity index (χ2v) is 11.6. The Morgan fingerprint density at radius 1 is 1.26 bits per heavy atom. The summed E-state index contributed by atoms with van der Waals surface area (Å²) in [5.74, 6) is -1.06. The van der Waals surface area contributed by atoms with Gasteiger partial charge in [0.2, 0.25) is 11.8 Å². The summed E-state index contributed by atoms with van der Waals surface area (Å²) >= 11 is 8.75. The summed E-state index contributed by atoms with van der Waals surface area (Å²) in [6.07, 6.45) is 0.831. The summed E-state index contributed by atoms with van der Waals surface area (Å²) in [7, 11) is 0. The molecule has 2 fully saturated rings. The van der Waals surface area contributed by atoms with Crippen molar-refractivity contribution in [2.75, 3.05) is 18.5 Å². The van der Waals surface area contributed by atoms with Crippen molar-refractivity contribution in [2.45, 2.75) is 58.0 Å². The van der Waals surface area contributed by atoms with E-state index >= 15 is 0 Å². The summed E-state index contributed by atoms with van der Waals surface area (Å²) in [5, 5.41) is 5.59. The molecule has 39 heavy (non-hydrogen) atoms. The van der Waals surface area contributed by atoms with Crippen molar-refractivity contribution < 1.29 is 28.7 Å². The number of fused-ring (bicyclic) bond motifs is 1. The summed E-state index contributed by atoms with van der Waals surface area (Å²) in [5.41, 5.74) is 4.37. The predicted molar refractivity (Wildman–Crippen MR) is 151 cm³/mol. The fraction of sp³-hybridized carbons (Fsp3) is 0.407. The zero-order valence-corrected chi connectivity index (χ0v) is 24.2. The van der Waals surface area contributed by atoms with Crippen LogP contribution in [0.5, 0.6) is 0 Å². The van der Waals surface area contributed by atoms with E-state index in [9.17, 15) is 19.2 Å². The zero-order valence-electron chi connectivity index (χ0n) is 21.3. The molecule has 4 amide bonds. The fourth-order valence-corrected chi connectivity index (χ4v) is 6.05. The lowest BCUT2D eigenvalue weighted by Gasteiger charge is -2.29. The van der Waals surface area contributed by atoms with Gasteiger partial charge in [-0.05, 0) is 60.2 Å². The summed E-state index contributed by atoms with van der Waals surface area (Å²) in [6.45, 7) is 4.31. The number of anilines is 1. The Kier molecular flexibility index (Phi) is 8.40. The molecule has 2 aromatic carbocycles. The number of carbonyl (C=O) groups excluding carboxylic acids is 4. The van der Waals surface area contributed by atoms with Crippen LogP contribution in [-0.2, 0) is 38.8 Å². The molecule has 206 valence electrons. The molecule has 2 aromatic rings. The quantitative estimate of drug-likeness (QED) is 0.260. The molecule has 5 rings (SSSR count). The van der Waals surface area contributed by atoms with Crippen LogP contribution in [0.1, 0.15) is 51.9 Å². The number of nitrogens with zero attached hydrogens (tertiary/aromatic N) is 2. The molecule has 3 aliphatic heterocycles. The maximum Gasteiger partial charge on any atom is 0.411 e. The topological polar surface area (TPSA) is 117 Å². The lowest BCUT2D eigenvalue weighted by Crippen LogP contribution is -2.52. The smallest absolute Gasteiger partial charge is 0.411 e. The lowest BCUT2D eigenvalue weighted by molar-refractivity contribution is -0.136. The average molecular weight is 667 g/mol. The van der Waals surface area contributed by atoms with Gasteiger partial charge in [0.15, 0.2) is 0 Å². The van der Waals surface area contributed by atoms with Gasteiger partial charge in [-0.25, -0.2) is 7.91 Å². The third kappa shape index (κ3) is 6.21. The maximum absolute atomic E-state index is 13.0. The molecule has 12 heteroatoms.